The second kappa shape index (κ2) is 7.61. The van der Waals surface area contributed by atoms with Gasteiger partial charge in [-0.2, -0.15) is 5.10 Å². The summed E-state index contributed by atoms with van der Waals surface area (Å²) in [6.45, 7) is 2.67. The van der Waals surface area contributed by atoms with Crippen molar-refractivity contribution in [1.29, 1.82) is 0 Å². The second-order valence-electron chi connectivity index (χ2n) is 7.93. The Balaban J connectivity index is 1.52. The van der Waals surface area contributed by atoms with Gasteiger partial charge in [-0.3, -0.25) is 14.5 Å². The molecule has 6 heteroatoms. The third kappa shape index (κ3) is 3.28. The Kier molecular flexibility index (Phi) is 4.77. The van der Waals surface area contributed by atoms with Crippen LogP contribution in [-0.4, -0.2) is 32.1 Å². The number of fused-ring (bicyclic) bond motifs is 2. The number of aryl methyl sites for hydroxylation is 1. The molecule has 3 heterocycles. The van der Waals surface area contributed by atoms with Crippen LogP contribution in [0.5, 0.6) is 0 Å². The van der Waals surface area contributed by atoms with E-state index in [1.54, 1.807) is 18.3 Å². The summed E-state index contributed by atoms with van der Waals surface area (Å²) in [7, 11) is 1.88. The Labute approximate surface area is 180 Å². The van der Waals surface area contributed by atoms with Gasteiger partial charge >= 0.3 is 0 Å². The van der Waals surface area contributed by atoms with E-state index in [0.29, 0.717) is 18.5 Å². The van der Waals surface area contributed by atoms with Crippen LogP contribution in [0.4, 0.5) is 4.39 Å². The molecule has 156 valence electrons. The molecule has 1 unspecified atom stereocenters. The summed E-state index contributed by atoms with van der Waals surface area (Å²) >= 11 is 0. The van der Waals surface area contributed by atoms with E-state index in [0.717, 1.165) is 39.8 Å². The number of aromatic nitrogens is 3. The molecule has 1 atom stereocenters. The number of hydrogen-bond acceptors (Lipinski definition) is 3. The number of amides is 1. The molecule has 4 aromatic rings. The zero-order valence-electron chi connectivity index (χ0n) is 17.5. The Hall–Kier alpha value is -3.54. The van der Waals surface area contributed by atoms with Crippen molar-refractivity contribution in [3.63, 3.8) is 0 Å². The van der Waals surface area contributed by atoms with Gasteiger partial charge in [0.1, 0.15) is 5.82 Å². The van der Waals surface area contributed by atoms with Crippen LogP contribution in [0.25, 0.3) is 22.2 Å². The van der Waals surface area contributed by atoms with E-state index < -0.39 is 0 Å². The quantitative estimate of drug-likeness (QED) is 0.478. The summed E-state index contributed by atoms with van der Waals surface area (Å²) in [5, 5.41) is 5.73. The van der Waals surface area contributed by atoms with Crippen LogP contribution in [0.2, 0.25) is 0 Å². The smallest absolute Gasteiger partial charge is 0.254 e. The highest BCUT2D eigenvalue weighted by Crippen LogP contribution is 2.38. The largest absolute Gasteiger partial charge is 0.330 e. The molecule has 0 aliphatic carbocycles. The van der Waals surface area contributed by atoms with Gasteiger partial charge in [0.25, 0.3) is 5.91 Å². The van der Waals surface area contributed by atoms with Gasteiger partial charge in [-0.25, -0.2) is 4.39 Å². The van der Waals surface area contributed by atoms with Crippen molar-refractivity contribution < 1.29 is 9.18 Å². The maximum atomic E-state index is 13.8. The van der Waals surface area contributed by atoms with Crippen molar-refractivity contribution in [2.75, 3.05) is 6.54 Å². The number of nitrogens with zero attached hydrogens (tertiary/aromatic N) is 4. The van der Waals surface area contributed by atoms with Crippen molar-refractivity contribution in [3.05, 3.63) is 83.4 Å². The molecule has 2 aromatic heterocycles. The van der Waals surface area contributed by atoms with Gasteiger partial charge in [0.15, 0.2) is 0 Å². The molecule has 0 bridgehead atoms. The molecule has 5 rings (SSSR count). The Morgan fingerprint density at radius 1 is 1.16 bits per heavy atom. The Morgan fingerprint density at radius 3 is 2.84 bits per heavy atom. The van der Waals surface area contributed by atoms with E-state index in [4.69, 9.17) is 5.10 Å². The van der Waals surface area contributed by atoms with E-state index in [1.807, 2.05) is 53.0 Å². The van der Waals surface area contributed by atoms with Crippen LogP contribution < -0.4 is 0 Å². The first-order valence-electron chi connectivity index (χ1n) is 10.5. The lowest BCUT2D eigenvalue weighted by molar-refractivity contribution is 0.0651. The van der Waals surface area contributed by atoms with Crippen LogP contribution in [-0.2, 0) is 13.5 Å². The molecule has 0 radical (unpaired) electrons. The van der Waals surface area contributed by atoms with Crippen molar-refractivity contribution in [2.45, 2.75) is 25.8 Å². The van der Waals surface area contributed by atoms with Crippen molar-refractivity contribution >= 4 is 16.8 Å². The normalized spacial score (nSPS) is 15.8. The fraction of sp³-hybridized carbons (Fsp3) is 0.240. The summed E-state index contributed by atoms with van der Waals surface area (Å²) in [4.78, 5) is 19.7. The lowest BCUT2D eigenvalue weighted by atomic mass is 9.93. The first-order chi connectivity index (χ1) is 15.1. The molecule has 0 spiro atoms. The van der Waals surface area contributed by atoms with E-state index in [1.165, 1.54) is 6.07 Å². The maximum absolute atomic E-state index is 13.8. The number of benzene rings is 2. The molecular formula is C25H23FN4O. The minimum absolute atomic E-state index is 0.00112. The number of rotatable bonds is 3. The molecule has 1 amide bonds. The molecule has 1 aliphatic rings. The molecule has 0 saturated heterocycles. The second-order valence-corrected chi connectivity index (χ2v) is 7.93. The first kappa shape index (κ1) is 19.4. The molecule has 31 heavy (non-hydrogen) atoms. The summed E-state index contributed by atoms with van der Waals surface area (Å²) in [5.74, 6) is -0.265. The summed E-state index contributed by atoms with van der Waals surface area (Å²) in [5.41, 5.74) is 5.28. The van der Waals surface area contributed by atoms with Crippen LogP contribution in [0, 0.1) is 5.82 Å². The third-order valence-corrected chi connectivity index (χ3v) is 6.07. The number of halogens is 1. The fourth-order valence-electron chi connectivity index (χ4n) is 4.67. The topological polar surface area (TPSA) is 51.0 Å². The van der Waals surface area contributed by atoms with Crippen LogP contribution in [0.1, 0.15) is 41.0 Å². The lowest BCUT2D eigenvalue weighted by Crippen LogP contribution is -2.40. The highest BCUT2D eigenvalue weighted by atomic mass is 19.1. The van der Waals surface area contributed by atoms with Crippen LogP contribution in [0.3, 0.4) is 0 Å². The number of pyridine rings is 1. The predicted octanol–water partition coefficient (Wildman–Crippen LogP) is 4.92. The number of carbonyl (C=O) groups is 1. The van der Waals surface area contributed by atoms with Crippen LogP contribution >= 0.6 is 0 Å². The molecule has 0 fully saturated rings. The van der Waals surface area contributed by atoms with Crippen LogP contribution in [0.15, 0.2) is 60.8 Å². The summed E-state index contributed by atoms with van der Waals surface area (Å²) < 4.78 is 15.7. The number of hydrogen-bond donors (Lipinski definition) is 0. The Bertz CT molecular complexity index is 1300. The van der Waals surface area contributed by atoms with Gasteiger partial charge in [-0.05, 0) is 49.2 Å². The zero-order chi connectivity index (χ0) is 21.5. The molecule has 5 nitrogen and oxygen atoms in total. The minimum atomic E-state index is -0.266. The van der Waals surface area contributed by atoms with Crippen molar-refractivity contribution in [2.24, 2.45) is 7.05 Å². The van der Waals surface area contributed by atoms with E-state index in [2.05, 4.69) is 11.9 Å². The molecular weight excluding hydrogens is 391 g/mol. The molecule has 0 saturated carbocycles. The van der Waals surface area contributed by atoms with Crippen molar-refractivity contribution in [3.8, 4) is 11.3 Å². The minimum Gasteiger partial charge on any atom is -0.330 e. The fourth-order valence-corrected chi connectivity index (χ4v) is 4.67. The van der Waals surface area contributed by atoms with E-state index in [9.17, 15) is 9.18 Å². The van der Waals surface area contributed by atoms with Gasteiger partial charge < -0.3 is 4.90 Å². The zero-order valence-corrected chi connectivity index (χ0v) is 17.5. The van der Waals surface area contributed by atoms with Gasteiger partial charge in [-0.15, -0.1) is 0 Å². The highest BCUT2D eigenvalue weighted by molar-refractivity contribution is 5.98. The Morgan fingerprint density at radius 2 is 2.03 bits per heavy atom. The number of carbonyl (C=O) groups excluding carboxylic acids is 1. The first-order valence-corrected chi connectivity index (χ1v) is 10.5. The van der Waals surface area contributed by atoms with Crippen molar-refractivity contribution in [1.82, 2.24) is 19.7 Å². The standard InChI is InChI=1S/C25H23FN4O/c1-3-22-23-20(24(29(2)28-23)17-6-4-8-19(26)15-17)11-13-30(22)25(31)18-9-10-21-16(14-18)7-5-12-27-21/h4-10,12,14-15,22H,3,11,13H2,1-2H3. The molecule has 2 aromatic carbocycles. The SMILES string of the molecule is CCC1c2nn(C)c(-c3cccc(F)c3)c2CCN1C(=O)c1ccc2ncccc2c1. The average molecular weight is 414 g/mol. The van der Waals surface area contributed by atoms with E-state index >= 15 is 0 Å². The maximum Gasteiger partial charge on any atom is 0.254 e. The predicted molar refractivity (Wildman–Crippen MR) is 118 cm³/mol. The lowest BCUT2D eigenvalue weighted by Gasteiger charge is -2.34. The molecule has 1 aliphatic heterocycles. The average Bonchev–Trinajstić information content (AvgIpc) is 3.13. The summed E-state index contributed by atoms with van der Waals surface area (Å²) in [6.07, 6.45) is 3.19. The monoisotopic (exact) mass is 414 g/mol. The van der Waals surface area contributed by atoms with Gasteiger partial charge in [0.2, 0.25) is 0 Å². The molecule has 0 N–H and O–H groups in total. The summed E-state index contributed by atoms with van der Waals surface area (Å²) in [6, 6.07) is 16.0. The van der Waals surface area contributed by atoms with Gasteiger partial charge in [-0.1, -0.05) is 25.1 Å². The van der Waals surface area contributed by atoms with Gasteiger partial charge in [0.05, 0.1) is 22.9 Å². The van der Waals surface area contributed by atoms with E-state index in [-0.39, 0.29) is 17.8 Å². The highest BCUT2D eigenvalue weighted by Gasteiger charge is 2.35. The van der Waals surface area contributed by atoms with Gasteiger partial charge in [0, 0.05) is 41.9 Å². The third-order valence-electron chi connectivity index (χ3n) is 6.07.